The van der Waals surface area contributed by atoms with Crippen LogP contribution in [0.3, 0.4) is 0 Å². The van der Waals surface area contributed by atoms with Crippen molar-refractivity contribution in [3.63, 3.8) is 0 Å². The lowest BCUT2D eigenvalue weighted by Gasteiger charge is -2.15. The van der Waals surface area contributed by atoms with Gasteiger partial charge in [0.15, 0.2) is 0 Å². The third-order valence-corrected chi connectivity index (χ3v) is 3.73. The van der Waals surface area contributed by atoms with Crippen molar-refractivity contribution in [2.45, 2.75) is 46.1 Å². The minimum atomic E-state index is 0.521. The smallest absolute Gasteiger partial charge is 0.119 e. The fourth-order valence-electron chi connectivity index (χ4n) is 2.44. The van der Waals surface area contributed by atoms with E-state index in [2.05, 4.69) is 68.6 Å². The first-order valence-electron chi connectivity index (χ1n) is 8.25. The highest BCUT2D eigenvalue weighted by Crippen LogP contribution is 2.24. The number of anilines is 1. The van der Waals surface area contributed by atoms with Crippen LogP contribution in [-0.4, -0.2) is 6.61 Å². The molecule has 1 N–H and O–H groups in total. The highest BCUT2D eigenvalue weighted by atomic mass is 16.5. The number of unbranched alkanes of at least 4 members (excludes halogenated alkanes) is 1. The van der Waals surface area contributed by atoms with E-state index in [1.165, 1.54) is 16.8 Å². The molecule has 0 fully saturated rings. The first-order chi connectivity index (χ1) is 10.7. The minimum Gasteiger partial charge on any atom is -0.494 e. The molecule has 0 saturated carbocycles. The Morgan fingerprint density at radius 1 is 1.05 bits per heavy atom. The molecule has 0 saturated heterocycles. The Balaban J connectivity index is 1.98. The van der Waals surface area contributed by atoms with Gasteiger partial charge in [-0.25, -0.2) is 0 Å². The SMILES string of the molecule is CCCCOc1cccc(CNc2ccccc2C(C)C)c1. The van der Waals surface area contributed by atoms with Crippen LogP contribution in [0.15, 0.2) is 48.5 Å². The lowest BCUT2D eigenvalue weighted by molar-refractivity contribution is 0.309. The van der Waals surface area contributed by atoms with Gasteiger partial charge in [0.05, 0.1) is 6.61 Å². The van der Waals surface area contributed by atoms with Gasteiger partial charge in [0.25, 0.3) is 0 Å². The average Bonchev–Trinajstić information content (AvgIpc) is 2.54. The molecule has 2 rings (SSSR count). The van der Waals surface area contributed by atoms with E-state index in [-0.39, 0.29) is 0 Å². The quantitative estimate of drug-likeness (QED) is 0.640. The number of rotatable bonds is 8. The summed E-state index contributed by atoms with van der Waals surface area (Å²) in [4.78, 5) is 0. The molecule has 2 aromatic carbocycles. The van der Waals surface area contributed by atoms with Gasteiger partial charge in [-0.3, -0.25) is 0 Å². The lowest BCUT2D eigenvalue weighted by Crippen LogP contribution is -2.04. The summed E-state index contributed by atoms with van der Waals surface area (Å²) < 4.78 is 5.77. The second-order valence-electron chi connectivity index (χ2n) is 5.94. The van der Waals surface area contributed by atoms with Gasteiger partial charge in [0, 0.05) is 12.2 Å². The summed E-state index contributed by atoms with van der Waals surface area (Å²) in [6.07, 6.45) is 2.26. The Kier molecular flexibility index (Phi) is 6.32. The van der Waals surface area contributed by atoms with E-state index >= 15 is 0 Å². The van der Waals surface area contributed by atoms with Crippen molar-refractivity contribution in [2.75, 3.05) is 11.9 Å². The van der Waals surface area contributed by atoms with Crippen LogP contribution < -0.4 is 10.1 Å². The molecule has 118 valence electrons. The van der Waals surface area contributed by atoms with Crippen molar-refractivity contribution in [1.82, 2.24) is 0 Å². The fourth-order valence-corrected chi connectivity index (χ4v) is 2.44. The largest absolute Gasteiger partial charge is 0.494 e. The number of hydrogen-bond acceptors (Lipinski definition) is 2. The molecule has 0 atom stereocenters. The number of ether oxygens (including phenoxy) is 1. The second kappa shape index (κ2) is 8.47. The summed E-state index contributed by atoms with van der Waals surface area (Å²) in [5, 5.41) is 3.55. The van der Waals surface area contributed by atoms with Gasteiger partial charge in [-0.15, -0.1) is 0 Å². The molecule has 2 aromatic rings. The predicted molar refractivity (Wildman–Crippen MR) is 94.7 cm³/mol. The summed E-state index contributed by atoms with van der Waals surface area (Å²) in [5.41, 5.74) is 3.82. The van der Waals surface area contributed by atoms with Crippen LogP contribution >= 0.6 is 0 Å². The first-order valence-corrected chi connectivity index (χ1v) is 8.25. The molecule has 0 heterocycles. The highest BCUT2D eigenvalue weighted by molar-refractivity contribution is 5.53. The molecule has 2 heteroatoms. The van der Waals surface area contributed by atoms with Gasteiger partial charge >= 0.3 is 0 Å². The zero-order valence-electron chi connectivity index (χ0n) is 13.9. The first kappa shape index (κ1) is 16.4. The van der Waals surface area contributed by atoms with Crippen molar-refractivity contribution in [3.8, 4) is 5.75 Å². The van der Waals surface area contributed by atoms with E-state index in [4.69, 9.17) is 4.74 Å². The maximum Gasteiger partial charge on any atom is 0.119 e. The van der Waals surface area contributed by atoms with Gasteiger partial charge in [-0.2, -0.15) is 0 Å². The second-order valence-corrected chi connectivity index (χ2v) is 5.94. The normalized spacial score (nSPS) is 10.7. The molecule has 0 aliphatic heterocycles. The highest BCUT2D eigenvalue weighted by Gasteiger charge is 2.05. The van der Waals surface area contributed by atoms with Crippen LogP contribution in [0.2, 0.25) is 0 Å². The lowest BCUT2D eigenvalue weighted by atomic mass is 10.0. The van der Waals surface area contributed by atoms with Gasteiger partial charge < -0.3 is 10.1 Å². The standard InChI is InChI=1S/C20H27NO/c1-4-5-13-22-18-10-8-9-17(14-18)15-21-20-12-7-6-11-19(20)16(2)3/h6-12,14,16,21H,4-5,13,15H2,1-3H3. The van der Waals surface area contributed by atoms with Crippen molar-refractivity contribution < 1.29 is 4.74 Å². The zero-order chi connectivity index (χ0) is 15.8. The molecule has 0 spiro atoms. The molecule has 0 bridgehead atoms. The van der Waals surface area contributed by atoms with E-state index in [1.807, 2.05) is 6.07 Å². The monoisotopic (exact) mass is 297 g/mol. The van der Waals surface area contributed by atoms with Crippen molar-refractivity contribution >= 4 is 5.69 Å². The Hall–Kier alpha value is -1.96. The van der Waals surface area contributed by atoms with E-state index in [1.54, 1.807) is 0 Å². The molecule has 0 aliphatic rings. The van der Waals surface area contributed by atoms with E-state index < -0.39 is 0 Å². The number of hydrogen-bond donors (Lipinski definition) is 1. The molecule has 0 aromatic heterocycles. The molecule has 0 amide bonds. The Bertz CT molecular complexity index is 577. The van der Waals surface area contributed by atoms with Crippen LogP contribution in [-0.2, 0) is 6.54 Å². The van der Waals surface area contributed by atoms with Gasteiger partial charge in [-0.05, 0) is 41.7 Å². The summed E-state index contributed by atoms with van der Waals surface area (Å²) in [6.45, 7) is 8.24. The molecule has 2 nitrogen and oxygen atoms in total. The topological polar surface area (TPSA) is 21.3 Å². The minimum absolute atomic E-state index is 0.521. The Labute approximate surface area is 134 Å². The van der Waals surface area contributed by atoms with E-state index in [9.17, 15) is 0 Å². The molecular formula is C20H27NO. The molecular weight excluding hydrogens is 270 g/mol. The van der Waals surface area contributed by atoms with Gasteiger partial charge in [0.1, 0.15) is 5.75 Å². The van der Waals surface area contributed by atoms with Gasteiger partial charge in [0.2, 0.25) is 0 Å². The summed E-state index contributed by atoms with van der Waals surface area (Å²) in [5.74, 6) is 1.48. The molecule has 22 heavy (non-hydrogen) atoms. The third-order valence-electron chi connectivity index (χ3n) is 3.73. The maximum absolute atomic E-state index is 5.77. The summed E-state index contributed by atoms with van der Waals surface area (Å²) >= 11 is 0. The van der Waals surface area contributed by atoms with Gasteiger partial charge in [-0.1, -0.05) is 57.5 Å². The Morgan fingerprint density at radius 2 is 1.86 bits per heavy atom. The van der Waals surface area contributed by atoms with E-state index in [0.717, 1.165) is 31.7 Å². The van der Waals surface area contributed by atoms with Crippen LogP contribution in [0.4, 0.5) is 5.69 Å². The van der Waals surface area contributed by atoms with Crippen molar-refractivity contribution in [1.29, 1.82) is 0 Å². The fraction of sp³-hybridized carbons (Fsp3) is 0.400. The van der Waals surface area contributed by atoms with Crippen LogP contribution in [0, 0.1) is 0 Å². The van der Waals surface area contributed by atoms with E-state index in [0.29, 0.717) is 5.92 Å². The van der Waals surface area contributed by atoms with Crippen LogP contribution in [0.5, 0.6) is 5.75 Å². The van der Waals surface area contributed by atoms with Crippen LogP contribution in [0.1, 0.15) is 50.7 Å². The Morgan fingerprint density at radius 3 is 2.64 bits per heavy atom. The number of nitrogens with one attached hydrogen (secondary N) is 1. The maximum atomic E-state index is 5.77. The number of benzene rings is 2. The third kappa shape index (κ3) is 4.80. The summed E-state index contributed by atoms with van der Waals surface area (Å²) in [7, 11) is 0. The van der Waals surface area contributed by atoms with Crippen LogP contribution in [0.25, 0.3) is 0 Å². The zero-order valence-corrected chi connectivity index (χ0v) is 13.9. The van der Waals surface area contributed by atoms with Crippen molar-refractivity contribution in [2.24, 2.45) is 0 Å². The van der Waals surface area contributed by atoms with Crippen molar-refractivity contribution in [3.05, 3.63) is 59.7 Å². The predicted octanol–water partition coefficient (Wildman–Crippen LogP) is 5.60. The number of para-hydroxylation sites is 1. The summed E-state index contributed by atoms with van der Waals surface area (Å²) in [6, 6.07) is 16.9. The average molecular weight is 297 g/mol. The molecule has 0 aliphatic carbocycles. The molecule has 0 unspecified atom stereocenters. The molecule has 0 radical (unpaired) electrons.